The van der Waals surface area contributed by atoms with Crippen molar-refractivity contribution < 1.29 is 33.3 Å². The van der Waals surface area contributed by atoms with Gasteiger partial charge in [-0.2, -0.15) is 0 Å². The maximum atomic E-state index is 13.5. The van der Waals surface area contributed by atoms with Gasteiger partial charge in [-0.15, -0.1) is 21.5 Å². The molecule has 0 saturated heterocycles. The molecule has 5 rings (SSSR count). The van der Waals surface area contributed by atoms with Crippen LogP contribution in [0.15, 0.2) is 47.6 Å². The summed E-state index contributed by atoms with van der Waals surface area (Å²) >= 11 is 2.65. The van der Waals surface area contributed by atoms with Crippen LogP contribution in [0, 0.1) is 0 Å². The van der Waals surface area contributed by atoms with Crippen LogP contribution in [0.1, 0.15) is 64.2 Å². The molecule has 0 aliphatic heterocycles. The summed E-state index contributed by atoms with van der Waals surface area (Å²) in [6.45, 7) is 6.27. The van der Waals surface area contributed by atoms with E-state index in [0.717, 1.165) is 35.4 Å². The fourth-order valence-electron chi connectivity index (χ4n) is 5.18. The van der Waals surface area contributed by atoms with E-state index < -0.39 is 11.2 Å². The maximum Gasteiger partial charge on any atom is 0.341 e. The molecule has 0 saturated carbocycles. The third-order valence-corrected chi connectivity index (χ3v) is 9.70. The summed E-state index contributed by atoms with van der Waals surface area (Å²) in [5, 5.41) is 15.0. The van der Waals surface area contributed by atoms with E-state index in [4.69, 9.17) is 18.9 Å². The van der Waals surface area contributed by atoms with Crippen LogP contribution >= 0.6 is 23.1 Å². The summed E-state index contributed by atoms with van der Waals surface area (Å²) < 4.78 is 23.3. The number of thioether (sulfide) groups is 1. The van der Waals surface area contributed by atoms with Crippen LogP contribution in [0.25, 0.3) is 5.69 Å². The zero-order chi connectivity index (χ0) is 33.5. The summed E-state index contributed by atoms with van der Waals surface area (Å²) in [6, 6.07) is 12.3. The molecular formula is C33H37N5O7S2. The number of carbonyl (C=O) groups is 3. The molecule has 1 aliphatic carbocycles. The summed E-state index contributed by atoms with van der Waals surface area (Å²) in [7, 11) is 3.03. The number of fused-ring (bicyclic) bond motifs is 1. The number of nitrogens with zero attached hydrogens (tertiary/aromatic N) is 3. The van der Waals surface area contributed by atoms with E-state index in [1.807, 2.05) is 31.2 Å². The van der Waals surface area contributed by atoms with Crippen molar-refractivity contribution in [1.29, 1.82) is 0 Å². The van der Waals surface area contributed by atoms with Crippen molar-refractivity contribution in [1.82, 2.24) is 20.1 Å². The third kappa shape index (κ3) is 7.54. The number of aromatic nitrogens is 3. The maximum absolute atomic E-state index is 13.5. The highest BCUT2D eigenvalue weighted by atomic mass is 32.2. The number of carbonyl (C=O) groups excluding carboxylic acids is 3. The third-order valence-electron chi connectivity index (χ3n) is 7.45. The number of nitrogens with one attached hydrogen (secondary N) is 2. The number of ether oxygens (including phenoxy) is 4. The fourth-order valence-corrected chi connectivity index (χ4v) is 7.35. The number of anilines is 1. The lowest BCUT2D eigenvalue weighted by atomic mass is 10.1. The lowest BCUT2D eigenvalue weighted by molar-refractivity contribution is -0.115. The Labute approximate surface area is 281 Å². The van der Waals surface area contributed by atoms with E-state index >= 15 is 0 Å². The van der Waals surface area contributed by atoms with Crippen molar-refractivity contribution in [3.05, 3.63) is 69.9 Å². The van der Waals surface area contributed by atoms with Crippen LogP contribution in [-0.2, 0) is 28.9 Å². The second-order valence-corrected chi connectivity index (χ2v) is 12.9. The molecule has 2 aromatic heterocycles. The molecule has 0 spiro atoms. The number of benzene rings is 2. The fraction of sp³-hybridized carbons (Fsp3) is 0.364. The van der Waals surface area contributed by atoms with Crippen LogP contribution in [0.4, 0.5) is 5.00 Å². The van der Waals surface area contributed by atoms with E-state index in [-0.39, 0.29) is 25.0 Å². The van der Waals surface area contributed by atoms with Gasteiger partial charge in [-0.1, -0.05) is 11.8 Å². The molecule has 2 N–H and O–H groups in total. The predicted molar refractivity (Wildman–Crippen MR) is 179 cm³/mol. The van der Waals surface area contributed by atoms with Gasteiger partial charge in [-0.25, -0.2) is 4.79 Å². The Morgan fingerprint density at radius 1 is 1.00 bits per heavy atom. The molecule has 1 aliphatic rings. The first-order valence-corrected chi connectivity index (χ1v) is 16.9. The molecule has 47 heavy (non-hydrogen) atoms. The average Bonchev–Trinajstić information content (AvgIpc) is 3.78. The van der Waals surface area contributed by atoms with Crippen molar-refractivity contribution in [2.24, 2.45) is 0 Å². The molecule has 0 fully saturated rings. The lowest BCUT2D eigenvalue weighted by Crippen LogP contribution is -2.25. The standard InChI is InChI=1S/C33H37N5O7S2/c1-6-44-22-14-12-21(13-15-22)38-27(18-34-30(40)20-11-16-24(42-4)25(17-20)43-5)36-37-33(38)46-19(3)29(39)35-31-28(32(41)45-7-2)23-9-8-10-26(23)47-31/h11-17,19H,6-10,18H2,1-5H3,(H,34,40)(H,35,39)/t19-/m0/s1. The smallest absolute Gasteiger partial charge is 0.341 e. The van der Waals surface area contributed by atoms with Crippen molar-refractivity contribution >= 4 is 45.9 Å². The second-order valence-electron chi connectivity index (χ2n) is 10.4. The molecule has 0 radical (unpaired) electrons. The van der Waals surface area contributed by atoms with E-state index in [1.165, 1.54) is 37.3 Å². The van der Waals surface area contributed by atoms with Gasteiger partial charge >= 0.3 is 5.97 Å². The van der Waals surface area contributed by atoms with Gasteiger partial charge in [0.05, 0.1) is 44.8 Å². The van der Waals surface area contributed by atoms with Gasteiger partial charge in [0, 0.05) is 16.1 Å². The summed E-state index contributed by atoms with van der Waals surface area (Å²) in [4.78, 5) is 40.5. The van der Waals surface area contributed by atoms with Gasteiger partial charge in [0.25, 0.3) is 5.91 Å². The summed E-state index contributed by atoms with van der Waals surface area (Å²) in [6.07, 6.45) is 2.64. The Balaban J connectivity index is 1.37. The van der Waals surface area contributed by atoms with E-state index in [0.29, 0.717) is 51.0 Å². The quantitative estimate of drug-likeness (QED) is 0.130. The largest absolute Gasteiger partial charge is 0.494 e. The van der Waals surface area contributed by atoms with Crippen molar-refractivity contribution in [2.75, 3.05) is 32.8 Å². The molecule has 248 valence electrons. The zero-order valence-corrected chi connectivity index (χ0v) is 28.5. The number of rotatable bonds is 14. The average molecular weight is 680 g/mol. The van der Waals surface area contributed by atoms with Gasteiger partial charge in [0.1, 0.15) is 10.8 Å². The molecule has 12 nitrogen and oxygen atoms in total. The first-order chi connectivity index (χ1) is 22.8. The van der Waals surface area contributed by atoms with Crippen LogP contribution in [0.5, 0.6) is 17.2 Å². The molecule has 2 heterocycles. The zero-order valence-electron chi connectivity index (χ0n) is 26.9. The number of aryl methyl sites for hydroxylation is 1. The minimum atomic E-state index is -0.609. The number of thiophene rings is 1. The van der Waals surface area contributed by atoms with Crippen LogP contribution < -0.4 is 24.8 Å². The van der Waals surface area contributed by atoms with E-state index in [2.05, 4.69) is 20.8 Å². The number of hydrogen-bond donors (Lipinski definition) is 2. The molecule has 0 unspecified atom stereocenters. The minimum absolute atomic E-state index is 0.0537. The topological polar surface area (TPSA) is 143 Å². The normalized spacial score (nSPS) is 12.6. The van der Waals surface area contributed by atoms with Crippen molar-refractivity contribution in [2.45, 2.75) is 57.0 Å². The number of methoxy groups -OCH3 is 2. The monoisotopic (exact) mass is 679 g/mol. The molecule has 2 amide bonds. The molecular weight excluding hydrogens is 643 g/mol. The summed E-state index contributed by atoms with van der Waals surface area (Å²) in [5.41, 5.74) is 2.54. The Bertz CT molecular complexity index is 1750. The number of hydrogen-bond acceptors (Lipinski definition) is 11. The summed E-state index contributed by atoms with van der Waals surface area (Å²) in [5.74, 6) is 1.06. The highest BCUT2D eigenvalue weighted by molar-refractivity contribution is 8.00. The molecule has 1 atom stereocenters. The number of esters is 1. The predicted octanol–water partition coefficient (Wildman–Crippen LogP) is 5.46. The van der Waals surface area contributed by atoms with Gasteiger partial charge in [0.15, 0.2) is 22.5 Å². The number of amides is 2. The van der Waals surface area contributed by atoms with Gasteiger partial charge < -0.3 is 29.6 Å². The lowest BCUT2D eigenvalue weighted by Gasteiger charge is -2.15. The molecule has 14 heteroatoms. The first-order valence-electron chi connectivity index (χ1n) is 15.2. The molecule has 2 aromatic carbocycles. The van der Waals surface area contributed by atoms with E-state index in [1.54, 1.807) is 36.6 Å². The Hall–Kier alpha value is -4.56. The highest BCUT2D eigenvalue weighted by Gasteiger charge is 2.30. The Morgan fingerprint density at radius 3 is 2.47 bits per heavy atom. The Kier molecular flexibility index (Phi) is 11.0. The van der Waals surface area contributed by atoms with Crippen LogP contribution in [0.2, 0.25) is 0 Å². The van der Waals surface area contributed by atoms with Gasteiger partial charge in [0.2, 0.25) is 5.91 Å². The van der Waals surface area contributed by atoms with E-state index in [9.17, 15) is 14.4 Å². The second kappa shape index (κ2) is 15.4. The van der Waals surface area contributed by atoms with Gasteiger partial charge in [-0.3, -0.25) is 14.2 Å². The highest BCUT2D eigenvalue weighted by Crippen LogP contribution is 2.40. The Morgan fingerprint density at radius 2 is 1.77 bits per heavy atom. The van der Waals surface area contributed by atoms with Gasteiger partial charge in [-0.05, 0) is 88.1 Å². The molecule has 0 bridgehead atoms. The van der Waals surface area contributed by atoms with Crippen LogP contribution in [-0.4, -0.2) is 65.2 Å². The van der Waals surface area contributed by atoms with Crippen molar-refractivity contribution in [3.8, 4) is 22.9 Å². The van der Waals surface area contributed by atoms with Crippen LogP contribution in [0.3, 0.4) is 0 Å². The first kappa shape index (κ1) is 33.8. The SMILES string of the molecule is CCOC(=O)c1c(NC(=O)[C@H](C)Sc2nnc(CNC(=O)c3ccc(OC)c(OC)c3)n2-c2ccc(OCC)cc2)sc2c1CCC2. The van der Waals surface area contributed by atoms with Crippen molar-refractivity contribution in [3.63, 3.8) is 0 Å². The minimum Gasteiger partial charge on any atom is -0.494 e. The molecule has 4 aromatic rings.